The van der Waals surface area contributed by atoms with Crippen molar-refractivity contribution in [3.8, 4) is 0 Å². The van der Waals surface area contributed by atoms with Gasteiger partial charge in [0.15, 0.2) is 0 Å². The topological polar surface area (TPSA) is 94.2 Å². The first-order chi connectivity index (χ1) is 17.1. The number of nitrogens with one attached hydrogen (secondary N) is 2. The molecular formula is C26H31FN6O2. The van der Waals surface area contributed by atoms with Crippen molar-refractivity contribution in [1.82, 2.24) is 25.2 Å². The van der Waals surface area contributed by atoms with Gasteiger partial charge in [-0.3, -0.25) is 14.5 Å². The number of para-hydroxylation sites is 1. The predicted octanol–water partition coefficient (Wildman–Crippen LogP) is 2.87. The molecule has 2 aliphatic rings. The molecule has 184 valence electrons. The van der Waals surface area contributed by atoms with Crippen molar-refractivity contribution in [2.24, 2.45) is 0 Å². The second-order valence-electron chi connectivity index (χ2n) is 9.37. The molecule has 3 aromatic rings. The smallest absolute Gasteiger partial charge is 0.269 e. The number of halogens is 1. The summed E-state index contributed by atoms with van der Waals surface area (Å²) < 4.78 is 12.3. The number of H-pyrrole nitrogens is 1. The van der Waals surface area contributed by atoms with E-state index in [1.165, 1.54) is 0 Å². The molecule has 0 aliphatic carbocycles. The number of anilines is 1. The number of carbonyl (C=O) groups is 1. The van der Waals surface area contributed by atoms with E-state index in [-0.39, 0.29) is 23.9 Å². The van der Waals surface area contributed by atoms with Crippen LogP contribution in [0.2, 0.25) is 0 Å². The fourth-order valence-corrected chi connectivity index (χ4v) is 5.31. The third-order valence-electron chi connectivity index (χ3n) is 7.18. The third kappa shape index (κ3) is 5.19. The fourth-order valence-electron chi connectivity index (χ4n) is 5.31. The number of alkyl halides is 1. The van der Waals surface area contributed by atoms with Crippen LogP contribution in [0.1, 0.15) is 47.9 Å². The van der Waals surface area contributed by atoms with E-state index in [2.05, 4.69) is 25.1 Å². The number of likely N-dealkylation sites (tertiary alicyclic amines) is 1. The van der Waals surface area contributed by atoms with Crippen molar-refractivity contribution < 1.29 is 9.18 Å². The number of aromatic nitrogens is 3. The van der Waals surface area contributed by atoms with Crippen LogP contribution in [0, 0.1) is 0 Å². The van der Waals surface area contributed by atoms with Crippen molar-refractivity contribution in [3.63, 3.8) is 0 Å². The summed E-state index contributed by atoms with van der Waals surface area (Å²) in [6.07, 6.45) is 5.95. The molecule has 2 aliphatic heterocycles. The Morgan fingerprint density at radius 3 is 2.71 bits per heavy atom. The van der Waals surface area contributed by atoms with Gasteiger partial charge in [0.05, 0.1) is 22.8 Å². The Kier molecular flexibility index (Phi) is 7.03. The van der Waals surface area contributed by atoms with Crippen LogP contribution in [0.25, 0.3) is 10.9 Å². The summed E-state index contributed by atoms with van der Waals surface area (Å²) in [4.78, 5) is 41.4. The lowest BCUT2D eigenvalue weighted by Crippen LogP contribution is -2.48. The maximum absolute atomic E-state index is 12.5. The highest BCUT2D eigenvalue weighted by molar-refractivity contribution is 5.92. The predicted molar refractivity (Wildman–Crippen MR) is 134 cm³/mol. The number of aromatic amines is 1. The van der Waals surface area contributed by atoms with E-state index in [1.807, 2.05) is 30.3 Å². The van der Waals surface area contributed by atoms with Crippen molar-refractivity contribution >= 4 is 22.5 Å². The molecule has 0 saturated carbocycles. The molecule has 0 radical (unpaired) electrons. The first-order valence-electron chi connectivity index (χ1n) is 12.4. The van der Waals surface area contributed by atoms with Crippen molar-refractivity contribution in [2.75, 3.05) is 44.3 Å². The summed E-state index contributed by atoms with van der Waals surface area (Å²) in [5, 5.41) is 3.14. The molecule has 1 atom stereocenters. The maximum Gasteiger partial charge on any atom is 0.269 e. The molecule has 8 nitrogen and oxygen atoms in total. The minimum Gasteiger partial charge on any atom is -0.370 e. The summed E-state index contributed by atoms with van der Waals surface area (Å²) in [6, 6.07) is 11.6. The van der Waals surface area contributed by atoms with Gasteiger partial charge >= 0.3 is 0 Å². The van der Waals surface area contributed by atoms with Gasteiger partial charge in [-0.05, 0) is 56.5 Å². The second-order valence-corrected chi connectivity index (χ2v) is 9.37. The number of hydrogen-bond donors (Lipinski definition) is 2. The van der Waals surface area contributed by atoms with E-state index in [0.29, 0.717) is 17.1 Å². The lowest BCUT2D eigenvalue weighted by molar-refractivity contribution is 0.0946. The lowest BCUT2D eigenvalue weighted by Gasteiger charge is -2.42. The number of benzene rings is 1. The highest BCUT2D eigenvalue weighted by Gasteiger charge is 2.30. The number of carbonyl (C=O) groups excluding carboxylic acids is 1. The number of fused-ring (bicyclic) bond motifs is 1. The number of hydrogen-bond acceptors (Lipinski definition) is 6. The van der Waals surface area contributed by atoms with Crippen molar-refractivity contribution in [2.45, 2.75) is 37.6 Å². The van der Waals surface area contributed by atoms with Gasteiger partial charge in [-0.2, -0.15) is 0 Å². The normalized spacial score (nSPS) is 19.7. The second kappa shape index (κ2) is 10.5. The van der Waals surface area contributed by atoms with E-state index in [1.54, 1.807) is 12.3 Å². The monoisotopic (exact) mass is 478 g/mol. The molecule has 1 unspecified atom stereocenters. The average Bonchev–Trinajstić information content (AvgIpc) is 2.92. The van der Waals surface area contributed by atoms with Gasteiger partial charge in [-0.15, -0.1) is 0 Å². The molecule has 4 heterocycles. The van der Waals surface area contributed by atoms with Gasteiger partial charge in [0.25, 0.3) is 11.5 Å². The maximum atomic E-state index is 12.5. The number of nitrogens with zero attached hydrogens (tertiary/aromatic N) is 4. The summed E-state index contributed by atoms with van der Waals surface area (Å²) in [5.41, 5.74) is 2.00. The Labute approximate surface area is 203 Å². The summed E-state index contributed by atoms with van der Waals surface area (Å²) in [5.74, 6) is 0.687. The Morgan fingerprint density at radius 1 is 1.11 bits per heavy atom. The fraction of sp³-hybridized carbons (Fsp3) is 0.462. The molecule has 2 saturated heterocycles. The van der Waals surface area contributed by atoms with Crippen LogP contribution in [0.5, 0.6) is 0 Å². The van der Waals surface area contributed by atoms with Crippen LogP contribution in [0.3, 0.4) is 0 Å². The number of pyridine rings is 1. The summed E-state index contributed by atoms with van der Waals surface area (Å²) in [6.45, 7) is 3.24. The highest BCUT2D eigenvalue weighted by Crippen LogP contribution is 2.30. The zero-order valence-electron chi connectivity index (χ0n) is 19.8. The molecule has 2 aromatic heterocycles. The van der Waals surface area contributed by atoms with Gasteiger partial charge in [-0.25, -0.2) is 14.4 Å². The number of piperidine rings is 2. The molecule has 2 fully saturated rings. The Hall–Kier alpha value is -3.33. The van der Waals surface area contributed by atoms with Crippen molar-refractivity contribution in [1.29, 1.82) is 0 Å². The van der Waals surface area contributed by atoms with E-state index in [9.17, 15) is 14.0 Å². The molecule has 9 heteroatoms. The van der Waals surface area contributed by atoms with Crippen molar-refractivity contribution in [3.05, 3.63) is 64.5 Å². The number of amides is 1. The summed E-state index contributed by atoms with van der Waals surface area (Å²) in [7, 11) is 0. The highest BCUT2D eigenvalue weighted by atomic mass is 19.1. The van der Waals surface area contributed by atoms with Crippen LogP contribution in [0.15, 0.2) is 47.4 Å². The third-order valence-corrected chi connectivity index (χ3v) is 7.18. The van der Waals surface area contributed by atoms with Gasteiger partial charge in [-0.1, -0.05) is 12.1 Å². The first-order valence-corrected chi connectivity index (χ1v) is 12.4. The quantitative estimate of drug-likeness (QED) is 0.566. The Bertz CT molecular complexity index is 1220. The Morgan fingerprint density at radius 2 is 1.94 bits per heavy atom. The Balaban J connectivity index is 1.19. The van der Waals surface area contributed by atoms with Crippen LogP contribution in [-0.2, 0) is 0 Å². The van der Waals surface area contributed by atoms with E-state index in [0.717, 1.165) is 68.9 Å². The van der Waals surface area contributed by atoms with Crippen LogP contribution >= 0.6 is 0 Å². The minimum atomic E-state index is -0.590. The zero-order valence-corrected chi connectivity index (χ0v) is 19.8. The standard InChI is InChI=1S/C26H31FN6O2/c27-11-12-28-26(35)23-8-7-20(16-29-23)32-14-9-19(10-15-32)33-13-3-4-18(17-33)24-30-22-6-2-1-5-21(22)25(34)31-24/h1-2,5-8,16,18-19H,3-4,9-15,17H2,(H,28,35)(H,30,31,34). The van der Waals surface area contributed by atoms with E-state index < -0.39 is 6.67 Å². The molecule has 0 spiro atoms. The molecule has 0 bridgehead atoms. The van der Waals surface area contributed by atoms with Crippen LogP contribution < -0.4 is 15.8 Å². The van der Waals surface area contributed by atoms with Gasteiger partial charge in [0, 0.05) is 38.1 Å². The first kappa shape index (κ1) is 23.4. The number of rotatable bonds is 6. The van der Waals surface area contributed by atoms with Crippen LogP contribution in [-0.4, -0.2) is 71.2 Å². The van der Waals surface area contributed by atoms with Gasteiger partial charge in [0.1, 0.15) is 18.2 Å². The molecule has 2 N–H and O–H groups in total. The average molecular weight is 479 g/mol. The SMILES string of the molecule is O=C(NCCF)c1ccc(N2CCC(N3CCCC(c4nc5ccccc5c(=O)[nH]4)C3)CC2)cn1. The van der Waals surface area contributed by atoms with Gasteiger partial charge in [0.2, 0.25) is 0 Å². The summed E-state index contributed by atoms with van der Waals surface area (Å²) >= 11 is 0. The molecule has 35 heavy (non-hydrogen) atoms. The molecular weight excluding hydrogens is 447 g/mol. The molecule has 1 aromatic carbocycles. The van der Waals surface area contributed by atoms with Crippen LogP contribution in [0.4, 0.5) is 10.1 Å². The van der Waals surface area contributed by atoms with Gasteiger partial charge < -0.3 is 15.2 Å². The van der Waals surface area contributed by atoms with E-state index >= 15 is 0 Å². The lowest BCUT2D eigenvalue weighted by atomic mass is 9.93. The largest absolute Gasteiger partial charge is 0.370 e. The minimum absolute atomic E-state index is 0.000144. The molecule has 1 amide bonds. The molecule has 5 rings (SSSR count). The van der Waals surface area contributed by atoms with E-state index in [4.69, 9.17) is 4.98 Å². The zero-order chi connectivity index (χ0) is 24.2.